The minimum atomic E-state index is -5.57. The Bertz CT molecular complexity index is 1190. The van der Waals surface area contributed by atoms with Gasteiger partial charge in [0.05, 0.1) is 24.9 Å². The Morgan fingerprint density at radius 1 is 1.29 bits per heavy atom. The van der Waals surface area contributed by atoms with E-state index in [1.807, 2.05) is 0 Å². The number of anilines is 1. The van der Waals surface area contributed by atoms with E-state index < -0.39 is 54.2 Å². The predicted octanol–water partition coefficient (Wildman–Crippen LogP) is 1.05. The van der Waals surface area contributed by atoms with Crippen molar-refractivity contribution >= 4 is 29.3 Å². The van der Waals surface area contributed by atoms with Gasteiger partial charge in [0, 0.05) is 19.7 Å². The lowest BCUT2D eigenvalue weighted by molar-refractivity contribution is -0.0570. The Kier molecular flexibility index (Phi) is 10.2. The normalized spacial score (nSPS) is 25.0. The van der Waals surface area contributed by atoms with Gasteiger partial charge >= 0.3 is 29.2 Å². The molecule has 0 aromatic carbocycles. The molecule has 0 saturated carbocycles. The molecule has 16 nitrogen and oxygen atoms in total. The van der Waals surface area contributed by atoms with E-state index in [-0.39, 0.29) is 24.4 Å². The van der Waals surface area contributed by atoms with E-state index >= 15 is 0 Å². The van der Waals surface area contributed by atoms with Crippen LogP contribution in [0.5, 0.6) is 0 Å². The zero-order valence-corrected chi connectivity index (χ0v) is 21.1. The van der Waals surface area contributed by atoms with Crippen molar-refractivity contribution in [2.24, 2.45) is 0 Å². The van der Waals surface area contributed by atoms with Gasteiger partial charge in [-0.15, -0.1) is 12.5 Å². The monoisotopic (exact) mass is 559 g/mol. The van der Waals surface area contributed by atoms with Gasteiger partial charge in [-0.25, -0.2) is 18.5 Å². The fraction of sp³-hybridized carbons (Fsp3) is 0.500. The van der Waals surface area contributed by atoms with Gasteiger partial charge in [-0.1, -0.05) is 12.0 Å². The van der Waals surface area contributed by atoms with Crippen LogP contribution in [-0.2, 0) is 40.8 Å². The van der Waals surface area contributed by atoms with Crippen LogP contribution in [0.2, 0.25) is 0 Å². The molecule has 1 aromatic rings. The number of hydrogen-bond acceptors (Lipinski definition) is 12. The molecule has 1 aromatic heterocycles. The number of hydrogen-bond donors (Lipinski definition) is 4. The summed E-state index contributed by atoms with van der Waals surface area (Å²) in [5.74, 6) is 5.25. The number of ether oxygens (including phenoxy) is 2. The molecule has 0 aliphatic carbocycles. The van der Waals surface area contributed by atoms with Crippen molar-refractivity contribution in [1.82, 2.24) is 9.55 Å². The van der Waals surface area contributed by atoms with Crippen LogP contribution in [0.15, 0.2) is 23.6 Å². The number of phosphoric ester groups is 2. The molecule has 1 saturated heterocycles. The summed E-state index contributed by atoms with van der Waals surface area (Å²) in [5, 5.41) is 0. The first-order valence-corrected chi connectivity index (χ1v) is 14.0. The SMILES string of the molecule is C=CCOC1C[C@H](n2cc(C#CC)c(N)nc2=O)O[C@@H]1COP(=O)(O)OP(=O)(O)OP(=O)(O)OC. The molecule has 4 unspecified atom stereocenters. The Labute approximate surface area is 199 Å². The minimum absolute atomic E-state index is 0.0501. The van der Waals surface area contributed by atoms with Gasteiger partial charge in [0.2, 0.25) is 0 Å². The molecule has 1 aliphatic rings. The molecule has 0 spiro atoms. The molecule has 19 heteroatoms. The van der Waals surface area contributed by atoms with Gasteiger partial charge in [-0.05, 0) is 6.92 Å². The third-order valence-corrected chi connectivity index (χ3v) is 8.44. The van der Waals surface area contributed by atoms with Crippen molar-refractivity contribution in [3.8, 4) is 11.8 Å². The molecule has 0 radical (unpaired) electrons. The highest BCUT2D eigenvalue weighted by Gasteiger charge is 2.44. The van der Waals surface area contributed by atoms with Crippen LogP contribution in [0.3, 0.4) is 0 Å². The first kappa shape index (κ1) is 29.5. The number of rotatable bonds is 12. The van der Waals surface area contributed by atoms with E-state index in [1.54, 1.807) is 6.92 Å². The molecule has 2 rings (SSSR count). The quantitative estimate of drug-likeness (QED) is 0.159. The van der Waals surface area contributed by atoms with Crippen molar-refractivity contribution in [2.75, 3.05) is 26.1 Å². The topological polar surface area (TPSA) is 228 Å². The van der Waals surface area contributed by atoms with Gasteiger partial charge in [-0.3, -0.25) is 13.6 Å². The van der Waals surface area contributed by atoms with E-state index in [9.17, 15) is 28.3 Å². The van der Waals surface area contributed by atoms with E-state index in [4.69, 9.17) is 24.6 Å². The predicted molar refractivity (Wildman–Crippen MR) is 119 cm³/mol. The highest BCUT2D eigenvalue weighted by atomic mass is 31.3. The van der Waals surface area contributed by atoms with Crippen LogP contribution in [0.1, 0.15) is 25.1 Å². The Morgan fingerprint density at radius 2 is 1.94 bits per heavy atom. The van der Waals surface area contributed by atoms with Crippen LogP contribution in [-0.4, -0.2) is 56.8 Å². The summed E-state index contributed by atoms with van der Waals surface area (Å²) < 4.78 is 64.0. The standard InChI is InChI=1S/C16H24N3O13P3/c1-4-6-11-9-19(16(20)18-15(11)17)14-8-12(28-7-5-2)13(30-14)10-29-34(23,24)32-35(25,26)31-33(21,22)27-3/h5,9,12-14H,2,7-8,10H2,1,3H3,(H,21,22)(H,23,24)(H,25,26)(H2,17,18,20)/t12?,13-,14-/m1/s1. The van der Waals surface area contributed by atoms with Crippen molar-refractivity contribution in [1.29, 1.82) is 0 Å². The molecule has 196 valence electrons. The summed E-state index contributed by atoms with van der Waals surface area (Å²) in [7, 11) is -15.3. The van der Waals surface area contributed by atoms with Crippen molar-refractivity contribution in [2.45, 2.75) is 31.8 Å². The zero-order valence-electron chi connectivity index (χ0n) is 18.5. The maximum atomic E-state index is 12.3. The molecule has 1 fully saturated rings. The Balaban J connectivity index is 2.18. The van der Waals surface area contributed by atoms with Gasteiger partial charge in [0.15, 0.2) is 0 Å². The van der Waals surface area contributed by atoms with Crippen LogP contribution < -0.4 is 11.4 Å². The number of phosphoric acid groups is 3. The lowest BCUT2D eigenvalue weighted by Crippen LogP contribution is -2.29. The smallest absolute Gasteiger partial charge is 0.382 e. The van der Waals surface area contributed by atoms with Crippen molar-refractivity contribution < 1.29 is 55.5 Å². The summed E-state index contributed by atoms with van der Waals surface area (Å²) in [4.78, 5) is 44.4. The molecule has 35 heavy (non-hydrogen) atoms. The highest BCUT2D eigenvalue weighted by molar-refractivity contribution is 7.66. The fourth-order valence-corrected chi connectivity index (χ4v) is 6.07. The largest absolute Gasteiger partial charge is 0.490 e. The second-order valence-corrected chi connectivity index (χ2v) is 11.4. The van der Waals surface area contributed by atoms with Gasteiger partial charge in [0.25, 0.3) is 0 Å². The summed E-state index contributed by atoms with van der Waals surface area (Å²) >= 11 is 0. The second kappa shape index (κ2) is 12.0. The van der Waals surface area contributed by atoms with Gasteiger partial charge in [0.1, 0.15) is 18.1 Å². The first-order chi connectivity index (χ1) is 16.2. The Hall–Kier alpha value is -1.69. The number of nitrogens with two attached hydrogens (primary N) is 1. The van der Waals surface area contributed by atoms with E-state index in [0.717, 1.165) is 4.57 Å². The van der Waals surface area contributed by atoms with Crippen LogP contribution in [0.25, 0.3) is 0 Å². The summed E-state index contributed by atoms with van der Waals surface area (Å²) in [5.41, 5.74) is 5.21. The highest BCUT2D eigenvalue weighted by Crippen LogP contribution is 2.67. The minimum Gasteiger partial charge on any atom is -0.382 e. The number of nitrogen functional groups attached to an aromatic ring is 1. The average molecular weight is 559 g/mol. The molecule has 0 bridgehead atoms. The average Bonchev–Trinajstić information content (AvgIpc) is 3.14. The lowest BCUT2D eigenvalue weighted by Gasteiger charge is -2.21. The Morgan fingerprint density at radius 3 is 2.54 bits per heavy atom. The van der Waals surface area contributed by atoms with Crippen LogP contribution in [0, 0.1) is 11.8 Å². The summed E-state index contributed by atoms with van der Waals surface area (Å²) in [6, 6.07) is 0. The van der Waals surface area contributed by atoms with Crippen molar-refractivity contribution in [3.63, 3.8) is 0 Å². The molecular formula is C16H24N3O13P3. The molecular weight excluding hydrogens is 535 g/mol. The van der Waals surface area contributed by atoms with E-state index in [0.29, 0.717) is 7.11 Å². The van der Waals surface area contributed by atoms with Gasteiger partial charge in [-0.2, -0.15) is 13.6 Å². The maximum absolute atomic E-state index is 12.3. The van der Waals surface area contributed by atoms with Crippen molar-refractivity contribution in [3.05, 3.63) is 34.9 Å². The molecule has 6 atom stereocenters. The summed E-state index contributed by atoms with van der Waals surface area (Å²) in [6.07, 6.45) is -0.0274. The third-order valence-electron chi connectivity index (χ3n) is 4.21. The third kappa shape index (κ3) is 8.73. The van der Waals surface area contributed by atoms with E-state index in [2.05, 4.69) is 36.5 Å². The number of nitrogens with zero attached hydrogens (tertiary/aromatic N) is 2. The summed E-state index contributed by atoms with van der Waals surface area (Å²) in [6.45, 7) is 4.40. The maximum Gasteiger partial charge on any atom is 0.490 e. The molecule has 1 aliphatic heterocycles. The van der Waals surface area contributed by atoms with Crippen LogP contribution >= 0.6 is 23.5 Å². The molecule has 5 N–H and O–H groups in total. The second-order valence-electron chi connectivity index (χ2n) is 6.68. The molecule has 0 amide bonds. The van der Waals surface area contributed by atoms with Gasteiger partial charge < -0.3 is 29.9 Å². The zero-order chi connectivity index (χ0) is 26.4. The fourth-order valence-electron chi connectivity index (χ4n) is 2.81. The lowest BCUT2D eigenvalue weighted by atomic mass is 10.2. The molecule has 2 heterocycles. The van der Waals surface area contributed by atoms with Crippen LogP contribution in [0.4, 0.5) is 5.82 Å². The van der Waals surface area contributed by atoms with E-state index in [1.165, 1.54) is 12.3 Å². The number of aromatic nitrogens is 2. The first-order valence-electron chi connectivity index (χ1n) is 9.53.